The van der Waals surface area contributed by atoms with Gasteiger partial charge in [0.05, 0.1) is 40.1 Å². The molecule has 7 rings (SSSR count). The van der Waals surface area contributed by atoms with Gasteiger partial charge >= 0.3 is 11.9 Å². The summed E-state index contributed by atoms with van der Waals surface area (Å²) in [5, 5.41) is 17.2. The van der Waals surface area contributed by atoms with E-state index in [1.807, 2.05) is 30.5 Å². The second kappa shape index (κ2) is 12.6. The van der Waals surface area contributed by atoms with Crippen LogP contribution in [0.4, 0.5) is 18.9 Å². The molecular formula is C37H26F3N5O6. The van der Waals surface area contributed by atoms with Crippen molar-refractivity contribution in [3.05, 3.63) is 140 Å². The predicted molar refractivity (Wildman–Crippen MR) is 184 cm³/mol. The summed E-state index contributed by atoms with van der Waals surface area (Å²) in [4.78, 5) is 29.1. The van der Waals surface area contributed by atoms with E-state index in [1.54, 1.807) is 80.1 Å². The number of nitro groups is 1. The molecule has 0 atom stereocenters. The van der Waals surface area contributed by atoms with Crippen molar-refractivity contribution in [1.82, 2.24) is 14.2 Å². The van der Waals surface area contributed by atoms with E-state index in [-0.39, 0.29) is 17.3 Å². The Balaban J connectivity index is 1.22. The van der Waals surface area contributed by atoms with E-state index in [4.69, 9.17) is 18.9 Å². The molecule has 0 saturated carbocycles. The first-order valence-corrected chi connectivity index (χ1v) is 15.4. The topological polar surface area (TPSA) is 127 Å². The number of nitrogens with zero attached hydrogens (tertiary/aromatic N) is 5. The molecule has 256 valence electrons. The first-order valence-electron chi connectivity index (χ1n) is 15.4. The molecule has 14 heteroatoms. The van der Waals surface area contributed by atoms with Gasteiger partial charge in [0, 0.05) is 28.7 Å². The maximum Gasteiger partial charge on any atom is 0.416 e. The molecule has 4 aromatic carbocycles. The molecule has 0 N–H and O–H groups in total. The molecule has 0 bridgehead atoms. The number of halogens is 3. The van der Waals surface area contributed by atoms with Crippen LogP contribution in [0.15, 0.2) is 111 Å². The fourth-order valence-electron chi connectivity index (χ4n) is 5.86. The van der Waals surface area contributed by atoms with E-state index in [0.717, 1.165) is 23.5 Å². The van der Waals surface area contributed by atoms with Gasteiger partial charge in [0.2, 0.25) is 11.6 Å². The van der Waals surface area contributed by atoms with Gasteiger partial charge in [-0.25, -0.2) is 4.98 Å². The van der Waals surface area contributed by atoms with Crippen LogP contribution in [0.1, 0.15) is 22.5 Å². The van der Waals surface area contributed by atoms with Crippen molar-refractivity contribution in [2.45, 2.75) is 20.0 Å². The number of aryl methyl sites for hydroxylation is 1. The molecule has 11 nitrogen and oxygen atoms in total. The number of methoxy groups -OCH3 is 1. The third-order valence-corrected chi connectivity index (χ3v) is 8.30. The standard InChI is InChI=1S/C37H26F3N5O6/c1-21-17-23(22(2)43(21)25-12-14-26(15-13-25)50-33-16-11-24(37(38,39)40)18-30(33)45(47)48)20-41-44-35(42-29-8-5-4-7-27(29)36(44)46)34-19-28-31(49-3)9-6-10-32(28)51-34/h4-20H,1-3H3. The Bertz CT molecular complexity index is 2570. The lowest BCUT2D eigenvalue weighted by Gasteiger charge is -2.12. The molecule has 3 aromatic heterocycles. The Morgan fingerprint density at radius 3 is 2.41 bits per heavy atom. The molecule has 7 aromatic rings. The second-order valence-electron chi connectivity index (χ2n) is 11.5. The largest absolute Gasteiger partial charge is 0.496 e. The van der Waals surface area contributed by atoms with Crippen molar-refractivity contribution < 1.29 is 32.0 Å². The van der Waals surface area contributed by atoms with E-state index in [2.05, 4.69) is 5.10 Å². The monoisotopic (exact) mass is 693 g/mol. The van der Waals surface area contributed by atoms with Crippen LogP contribution >= 0.6 is 0 Å². The number of rotatable bonds is 8. The molecule has 0 aliphatic carbocycles. The SMILES string of the molecule is COc1cccc2oc(-c3nc4ccccc4c(=O)n3N=Cc3cc(C)n(-c4ccc(Oc5ccc(C(F)(F)F)cc5[N+](=O)[O-])cc4)c3C)cc12. The minimum absolute atomic E-state index is 0.185. The Kier molecular flexibility index (Phi) is 8.13. The van der Waals surface area contributed by atoms with Gasteiger partial charge in [-0.05, 0) is 86.6 Å². The van der Waals surface area contributed by atoms with Crippen LogP contribution in [0.25, 0.3) is 39.1 Å². The molecule has 0 saturated heterocycles. The first kappa shape index (κ1) is 32.8. The normalized spacial score (nSPS) is 11.9. The summed E-state index contributed by atoms with van der Waals surface area (Å²) in [6.45, 7) is 3.76. The summed E-state index contributed by atoms with van der Waals surface area (Å²) < 4.78 is 59.7. The highest BCUT2D eigenvalue weighted by atomic mass is 19.4. The van der Waals surface area contributed by atoms with Gasteiger partial charge in [0.25, 0.3) is 5.56 Å². The van der Waals surface area contributed by atoms with Gasteiger partial charge in [-0.1, -0.05) is 18.2 Å². The average Bonchev–Trinajstić information content (AvgIpc) is 3.67. The molecule has 0 spiro atoms. The fourth-order valence-corrected chi connectivity index (χ4v) is 5.86. The molecule has 0 aliphatic rings. The minimum Gasteiger partial charge on any atom is -0.496 e. The number of ether oxygens (including phenoxy) is 2. The Labute approximate surface area is 286 Å². The average molecular weight is 694 g/mol. The number of benzene rings is 4. The van der Waals surface area contributed by atoms with Crippen LogP contribution in [0.2, 0.25) is 0 Å². The summed E-state index contributed by atoms with van der Waals surface area (Å²) in [5.74, 6) is 0.986. The Hall–Kier alpha value is -6.70. The van der Waals surface area contributed by atoms with E-state index < -0.39 is 27.9 Å². The molecular weight excluding hydrogens is 667 g/mol. The highest BCUT2D eigenvalue weighted by Crippen LogP contribution is 2.38. The van der Waals surface area contributed by atoms with E-state index in [0.29, 0.717) is 50.7 Å². The molecule has 0 amide bonds. The maximum atomic E-state index is 13.8. The summed E-state index contributed by atoms with van der Waals surface area (Å²) in [6.07, 6.45) is -3.18. The van der Waals surface area contributed by atoms with Crippen LogP contribution in [-0.2, 0) is 6.18 Å². The van der Waals surface area contributed by atoms with E-state index in [1.165, 1.54) is 4.68 Å². The van der Waals surface area contributed by atoms with Crippen molar-refractivity contribution >= 4 is 33.8 Å². The molecule has 0 fully saturated rings. The van der Waals surface area contributed by atoms with Crippen LogP contribution in [0.3, 0.4) is 0 Å². The van der Waals surface area contributed by atoms with Crippen LogP contribution in [0.5, 0.6) is 17.2 Å². The highest BCUT2D eigenvalue weighted by molar-refractivity contribution is 5.89. The predicted octanol–water partition coefficient (Wildman–Crippen LogP) is 8.83. The maximum absolute atomic E-state index is 13.8. The number of fused-ring (bicyclic) bond motifs is 2. The smallest absolute Gasteiger partial charge is 0.416 e. The number of nitro benzene ring substituents is 1. The third kappa shape index (κ3) is 6.07. The summed E-state index contributed by atoms with van der Waals surface area (Å²) >= 11 is 0. The van der Waals surface area contributed by atoms with Crippen molar-refractivity contribution in [1.29, 1.82) is 0 Å². The quantitative estimate of drug-likeness (QED) is 0.0884. The number of hydrogen-bond donors (Lipinski definition) is 0. The Morgan fingerprint density at radius 1 is 0.922 bits per heavy atom. The summed E-state index contributed by atoms with van der Waals surface area (Å²) in [5.41, 5.74) is 1.70. The van der Waals surface area contributed by atoms with Gasteiger partial charge < -0.3 is 18.5 Å². The molecule has 0 radical (unpaired) electrons. The van der Waals surface area contributed by atoms with Gasteiger partial charge in [-0.15, -0.1) is 0 Å². The lowest BCUT2D eigenvalue weighted by Crippen LogP contribution is -2.20. The van der Waals surface area contributed by atoms with Crippen molar-refractivity contribution in [3.8, 4) is 34.5 Å². The zero-order valence-corrected chi connectivity index (χ0v) is 27.1. The number of alkyl halides is 3. The second-order valence-corrected chi connectivity index (χ2v) is 11.5. The molecule has 51 heavy (non-hydrogen) atoms. The summed E-state index contributed by atoms with van der Waals surface area (Å²) in [6, 6.07) is 24.6. The van der Waals surface area contributed by atoms with E-state index in [9.17, 15) is 28.1 Å². The third-order valence-electron chi connectivity index (χ3n) is 8.30. The summed E-state index contributed by atoms with van der Waals surface area (Å²) in [7, 11) is 1.56. The van der Waals surface area contributed by atoms with Crippen LogP contribution in [0, 0.1) is 24.0 Å². The lowest BCUT2D eigenvalue weighted by molar-refractivity contribution is -0.385. The van der Waals surface area contributed by atoms with Gasteiger partial charge in [0.15, 0.2) is 5.76 Å². The van der Waals surface area contributed by atoms with Gasteiger partial charge in [-0.3, -0.25) is 14.9 Å². The molecule has 0 aliphatic heterocycles. The number of aromatic nitrogens is 3. The number of para-hydroxylation sites is 1. The van der Waals surface area contributed by atoms with Crippen molar-refractivity contribution in [2.24, 2.45) is 5.10 Å². The first-order chi connectivity index (χ1) is 24.4. The number of furan rings is 1. The fraction of sp³-hybridized carbons (Fsp3) is 0.108. The molecule has 3 heterocycles. The minimum atomic E-state index is -4.74. The van der Waals surface area contributed by atoms with E-state index >= 15 is 0 Å². The zero-order valence-electron chi connectivity index (χ0n) is 27.1. The Morgan fingerprint density at radius 2 is 1.69 bits per heavy atom. The van der Waals surface area contributed by atoms with Gasteiger partial charge in [-0.2, -0.15) is 22.9 Å². The van der Waals surface area contributed by atoms with Crippen LogP contribution < -0.4 is 15.0 Å². The zero-order chi connectivity index (χ0) is 36.0. The number of hydrogen-bond acceptors (Lipinski definition) is 8. The highest BCUT2D eigenvalue weighted by Gasteiger charge is 2.33. The van der Waals surface area contributed by atoms with Gasteiger partial charge in [0.1, 0.15) is 17.1 Å². The van der Waals surface area contributed by atoms with Crippen molar-refractivity contribution in [2.75, 3.05) is 7.11 Å². The lowest BCUT2D eigenvalue weighted by atomic mass is 10.2. The molecule has 0 unspecified atom stereocenters. The van der Waals surface area contributed by atoms with Crippen LogP contribution in [-0.4, -0.2) is 32.5 Å². The van der Waals surface area contributed by atoms with Crippen molar-refractivity contribution in [3.63, 3.8) is 0 Å².